The molecular formula is C4H6N2O3S2. The molecule has 0 aliphatic heterocycles. The third kappa shape index (κ3) is 2.29. The molecule has 0 unspecified atom stereocenters. The van der Waals surface area contributed by atoms with Crippen molar-refractivity contribution in [3.8, 4) is 5.88 Å². The first kappa shape index (κ1) is 8.72. The highest BCUT2D eigenvalue weighted by molar-refractivity contribution is 7.94. The summed E-state index contributed by atoms with van der Waals surface area (Å²) in [5.41, 5.74) is 0. The highest BCUT2D eigenvalue weighted by Crippen LogP contribution is 2.26. The van der Waals surface area contributed by atoms with E-state index in [0.29, 0.717) is 10.9 Å². The lowest BCUT2D eigenvalue weighted by atomic mass is 10.8. The predicted octanol–water partition coefficient (Wildman–Crippen LogP) is 1.13. The Morgan fingerprint density at radius 3 is 2.82 bits per heavy atom. The number of hydrogen-bond acceptors (Lipinski definition) is 7. The minimum Gasteiger partial charge on any atom is -0.478 e. The summed E-state index contributed by atoms with van der Waals surface area (Å²) in [6.07, 6.45) is 0. The molecule has 0 aliphatic carbocycles. The number of nitrogens with zero attached hydrogens (tertiary/aromatic N) is 2. The zero-order valence-electron chi connectivity index (χ0n) is 5.94. The Morgan fingerprint density at radius 1 is 1.36 bits per heavy atom. The van der Waals surface area contributed by atoms with Crippen LogP contribution in [0, 0.1) is 0 Å². The molecule has 0 amide bonds. The molecule has 5 nitrogen and oxygen atoms in total. The van der Waals surface area contributed by atoms with Gasteiger partial charge in [0.15, 0.2) is 0 Å². The molecule has 0 atom stereocenters. The zero-order chi connectivity index (χ0) is 8.10. The van der Waals surface area contributed by atoms with E-state index in [2.05, 4.69) is 18.0 Å². The minimum atomic E-state index is 0.456. The monoisotopic (exact) mass is 194 g/mol. The maximum absolute atomic E-state index is 4.86. The van der Waals surface area contributed by atoms with Crippen LogP contribution < -0.4 is 4.74 Å². The standard InChI is InChI=1S/C4H6N2O3S2/c1-7-3-4(6-11-5-3)10-9-8-2/h1-2H3. The average molecular weight is 194 g/mol. The average Bonchev–Trinajstić information content (AvgIpc) is 2.47. The largest absolute Gasteiger partial charge is 0.478 e. The minimum absolute atomic E-state index is 0.456. The van der Waals surface area contributed by atoms with Gasteiger partial charge in [0, 0.05) is 0 Å². The van der Waals surface area contributed by atoms with Gasteiger partial charge in [0.25, 0.3) is 5.88 Å². The molecule has 1 heterocycles. The van der Waals surface area contributed by atoms with Crippen LogP contribution in [0.25, 0.3) is 0 Å². The lowest BCUT2D eigenvalue weighted by Crippen LogP contribution is -1.85. The molecule has 1 aromatic rings. The zero-order valence-corrected chi connectivity index (χ0v) is 7.57. The van der Waals surface area contributed by atoms with Crippen molar-refractivity contribution in [1.29, 1.82) is 0 Å². The van der Waals surface area contributed by atoms with Gasteiger partial charge in [-0.05, 0) is 0 Å². The fourth-order valence-corrected chi connectivity index (χ4v) is 1.45. The molecule has 0 spiro atoms. The highest BCUT2D eigenvalue weighted by Gasteiger charge is 2.09. The van der Waals surface area contributed by atoms with Gasteiger partial charge in [-0.15, -0.1) is 4.37 Å². The van der Waals surface area contributed by atoms with E-state index >= 15 is 0 Å². The molecule has 7 heteroatoms. The Balaban J connectivity index is 2.54. The molecule has 0 radical (unpaired) electrons. The van der Waals surface area contributed by atoms with Crippen LogP contribution in [0.4, 0.5) is 0 Å². The van der Waals surface area contributed by atoms with Gasteiger partial charge in [-0.1, -0.05) is 0 Å². The molecule has 0 fully saturated rings. The second-order valence-electron chi connectivity index (χ2n) is 1.40. The summed E-state index contributed by atoms with van der Waals surface area (Å²) in [6, 6.07) is 0. The van der Waals surface area contributed by atoms with Crippen LogP contribution in [0.3, 0.4) is 0 Å². The van der Waals surface area contributed by atoms with Crippen molar-refractivity contribution in [3.63, 3.8) is 0 Å². The third-order valence-corrected chi connectivity index (χ3v) is 2.06. The first-order valence-corrected chi connectivity index (χ1v) is 4.09. The van der Waals surface area contributed by atoms with Gasteiger partial charge in [0.1, 0.15) is 0 Å². The summed E-state index contributed by atoms with van der Waals surface area (Å²) >= 11 is 2.03. The Morgan fingerprint density at radius 2 is 2.18 bits per heavy atom. The van der Waals surface area contributed by atoms with Crippen molar-refractivity contribution in [2.24, 2.45) is 0 Å². The van der Waals surface area contributed by atoms with Crippen LogP contribution in [-0.2, 0) is 9.22 Å². The van der Waals surface area contributed by atoms with Gasteiger partial charge in [0.05, 0.1) is 38.0 Å². The van der Waals surface area contributed by atoms with Crippen molar-refractivity contribution in [3.05, 3.63) is 0 Å². The van der Waals surface area contributed by atoms with E-state index in [1.54, 1.807) is 0 Å². The first-order valence-electron chi connectivity index (χ1n) is 2.62. The van der Waals surface area contributed by atoms with Crippen LogP contribution in [-0.4, -0.2) is 23.0 Å². The van der Waals surface area contributed by atoms with E-state index < -0.39 is 0 Å². The maximum atomic E-state index is 4.86. The molecule has 0 aliphatic rings. The third-order valence-electron chi connectivity index (χ3n) is 0.805. The number of hydrogen-bond donors (Lipinski definition) is 0. The highest BCUT2D eigenvalue weighted by atomic mass is 32.2. The number of rotatable bonds is 4. The summed E-state index contributed by atoms with van der Waals surface area (Å²) < 4.78 is 17.2. The van der Waals surface area contributed by atoms with Crippen molar-refractivity contribution in [1.82, 2.24) is 8.75 Å². The second kappa shape index (κ2) is 4.50. The smallest absolute Gasteiger partial charge is 0.262 e. The van der Waals surface area contributed by atoms with Crippen molar-refractivity contribution in [2.45, 2.75) is 5.03 Å². The number of ether oxygens (including phenoxy) is 1. The molecule has 0 aromatic carbocycles. The Hall–Kier alpha value is -0.370. The second-order valence-corrected chi connectivity index (χ2v) is 2.61. The summed E-state index contributed by atoms with van der Waals surface area (Å²) in [5, 5.41) is 0.569. The molecule has 0 saturated heterocycles. The lowest BCUT2D eigenvalue weighted by Gasteiger charge is -1.95. The summed E-state index contributed by atoms with van der Waals surface area (Å²) in [5.74, 6) is 0.456. The van der Waals surface area contributed by atoms with Crippen LogP contribution in [0.2, 0.25) is 0 Å². The van der Waals surface area contributed by atoms with Crippen LogP contribution >= 0.6 is 23.8 Å². The van der Waals surface area contributed by atoms with Gasteiger partial charge in [-0.2, -0.15) is 8.71 Å². The Bertz CT molecular complexity index is 217. The van der Waals surface area contributed by atoms with Gasteiger partial charge in [-0.3, -0.25) is 0 Å². The van der Waals surface area contributed by atoms with Crippen LogP contribution in [0.1, 0.15) is 0 Å². The predicted molar refractivity (Wildman–Crippen MR) is 40.4 cm³/mol. The molecule has 11 heavy (non-hydrogen) atoms. The number of methoxy groups -OCH3 is 1. The first-order chi connectivity index (χ1) is 5.38. The molecular weight excluding hydrogens is 188 g/mol. The summed E-state index contributed by atoms with van der Waals surface area (Å²) in [6.45, 7) is 0. The maximum Gasteiger partial charge on any atom is 0.262 e. The number of aromatic nitrogens is 2. The quantitative estimate of drug-likeness (QED) is 0.407. The van der Waals surface area contributed by atoms with E-state index in [1.807, 2.05) is 0 Å². The van der Waals surface area contributed by atoms with Crippen molar-refractivity contribution < 1.29 is 14.0 Å². The summed E-state index contributed by atoms with van der Waals surface area (Å²) in [7, 11) is 2.94. The molecule has 0 saturated carbocycles. The topological polar surface area (TPSA) is 53.5 Å². The van der Waals surface area contributed by atoms with E-state index in [4.69, 9.17) is 4.74 Å². The fourth-order valence-electron chi connectivity index (χ4n) is 0.414. The van der Waals surface area contributed by atoms with Crippen LogP contribution in [0.15, 0.2) is 5.03 Å². The molecule has 0 N–H and O–H groups in total. The molecule has 62 valence electrons. The van der Waals surface area contributed by atoms with Gasteiger partial charge >= 0.3 is 0 Å². The van der Waals surface area contributed by atoms with Crippen molar-refractivity contribution >= 4 is 23.8 Å². The van der Waals surface area contributed by atoms with Gasteiger partial charge in [0.2, 0.25) is 5.03 Å². The normalized spacial score (nSPS) is 10.0. The van der Waals surface area contributed by atoms with E-state index in [1.165, 1.54) is 14.2 Å². The van der Waals surface area contributed by atoms with Crippen LogP contribution in [0.5, 0.6) is 5.88 Å². The van der Waals surface area contributed by atoms with E-state index in [-0.39, 0.29) is 0 Å². The Labute approximate surface area is 72.1 Å². The SMILES string of the molecule is COOSc1nsnc1OC. The molecule has 0 bridgehead atoms. The molecule has 1 aromatic heterocycles. The molecule has 1 rings (SSSR count). The fraction of sp³-hybridized carbons (Fsp3) is 0.500. The van der Waals surface area contributed by atoms with Crippen molar-refractivity contribution in [2.75, 3.05) is 14.2 Å². The summed E-state index contributed by atoms with van der Waals surface area (Å²) in [4.78, 5) is 4.36. The Kier molecular flexibility index (Phi) is 3.57. The van der Waals surface area contributed by atoms with Gasteiger partial charge in [-0.25, -0.2) is 4.89 Å². The van der Waals surface area contributed by atoms with E-state index in [0.717, 1.165) is 23.8 Å². The van der Waals surface area contributed by atoms with Gasteiger partial charge < -0.3 is 4.74 Å². The lowest BCUT2D eigenvalue weighted by molar-refractivity contribution is -0.160. The van der Waals surface area contributed by atoms with E-state index in [9.17, 15) is 0 Å².